The molecule has 2 aromatic carbocycles. The molecule has 2 aromatic rings. The SMILES string of the molecule is CCCOc1ccc(CNC(=NC)NCCc2ccc(NC(C)=O)cc2)c(OC(F)F)c1. The maximum absolute atomic E-state index is 12.8. The molecule has 0 saturated carbocycles. The first-order valence-electron chi connectivity index (χ1n) is 10.4. The van der Waals surface area contributed by atoms with Crippen molar-refractivity contribution in [2.24, 2.45) is 4.99 Å². The van der Waals surface area contributed by atoms with Crippen molar-refractivity contribution < 1.29 is 23.0 Å². The third-order valence-corrected chi connectivity index (χ3v) is 4.38. The van der Waals surface area contributed by atoms with Crippen molar-refractivity contribution >= 4 is 17.6 Å². The Hall–Kier alpha value is -3.36. The third kappa shape index (κ3) is 8.79. The molecule has 1 amide bonds. The van der Waals surface area contributed by atoms with Gasteiger partial charge in [0.15, 0.2) is 5.96 Å². The zero-order valence-corrected chi connectivity index (χ0v) is 18.6. The van der Waals surface area contributed by atoms with Gasteiger partial charge in [0.2, 0.25) is 5.91 Å². The number of nitrogens with one attached hydrogen (secondary N) is 3. The summed E-state index contributed by atoms with van der Waals surface area (Å²) in [5.41, 5.74) is 2.41. The lowest BCUT2D eigenvalue weighted by molar-refractivity contribution is -0.114. The normalized spacial score (nSPS) is 11.2. The second kappa shape index (κ2) is 13.1. The zero-order chi connectivity index (χ0) is 23.3. The zero-order valence-electron chi connectivity index (χ0n) is 18.6. The average molecular weight is 449 g/mol. The molecule has 2 rings (SSSR count). The van der Waals surface area contributed by atoms with E-state index in [2.05, 4.69) is 25.7 Å². The molecular weight excluding hydrogens is 418 g/mol. The lowest BCUT2D eigenvalue weighted by Gasteiger charge is -2.16. The lowest BCUT2D eigenvalue weighted by Crippen LogP contribution is -2.38. The molecule has 0 saturated heterocycles. The van der Waals surface area contributed by atoms with E-state index in [0.29, 0.717) is 30.4 Å². The first-order chi connectivity index (χ1) is 15.4. The van der Waals surface area contributed by atoms with Crippen LogP contribution in [0.4, 0.5) is 14.5 Å². The summed E-state index contributed by atoms with van der Waals surface area (Å²) in [6.45, 7) is 1.87. The summed E-state index contributed by atoms with van der Waals surface area (Å²) in [6.07, 6.45) is 1.56. The highest BCUT2D eigenvalue weighted by atomic mass is 19.3. The van der Waals surface area contributed by atoms with Crippen LogP contribution in [0.5, 0.6) is 11.5 Å². The van der Waals surface area contributed by atoms with E-state index in [-0.39, 0.29) is 18.2 Å². The van der Waals surface area contributed by atoms with Crippen LogP contribution < -0.4 is 25.4 Å². The van der Waals surface area contributed by atoms with Crippen molar-refractivity contribution in [1.82, 2.24) is 10.6 Å². The molecule has 0 unspecified atom stereocenters. The number of rotatable bonds is 11. The summed E-state index contributed by atoms with van der Waals surface area (Å²) >= 11 is 0. The van der Waals surface area contributed by atoms with E-state index >= 15 is 0 Å². The van der Waals surface area contributed by atoms with Crippen LogP contribution in [0.25, 0.3) is 0 Å². The average Bonchev–Trinajstić information content (AvgIpc) is 2.76. The molecule has 9 heteroatoms. The molecule has 174 valence electrons. The van der Waals surface area contributed by atoms with E-state index in [1.165, 1.54) is 13.0 Å². The van der Waals surface area contributed by atoms with E-state index in [1.807, 2.05) is 31.2 Å². The predicted molar refractivity (Wildman–Crippen MR) is 122 cm³/mol. The number of ether oxygens (including phenoxy) is 2. The Kier molecular flexibility index (Phi) is 10.2. The van der Waals surface area contributed by atoms with E-state index in [4.69, 9.17) is 4.74 Å². The van der Waals surface area contributed by atoms with Gasteiger partial charge < -0.3 is 25.4 Å². The number of aliphatic imine (C=N–C) groups is 1. The van der Waals surface area contributed by atoms with Gasteiger partial charge in [-0.25, -0.2) is 0 Å². The van der Waals surface area contributed by atoms with Gasteiger partial charge in [0.1, 0.15) is 11.5 Å². The standard InChI is InChI=1S/C23H30F2N4O3/c1-4-13-31-20-10-7-18(21(14-20)32-22(24)25)15-28-23(26-3)27-12-11-17-5-8-19(9-6-17)29-16(2)30/h5-10,14,22H,4,11-13,15H2,1-3H3,(H,29,30)(H2,26,27,28). The Labute approximate surface area is 187 Å². The van der Waals surface area contributed by atoms with Gasteiger partial charge in [-0.15, -0.1) is 0 Å². The summed E-state index contributed by atoms with van der Waals surface area (Å²) in [6, 6.07) is 12.5. The molecule has 0 radical (unpaired) electrons. The predicted octanol–water partition coefficient (Wildman–Crippen LogP) is 3.94. The molecule has 0 aromatic heterocycles. The minimum absolute atomic E-state index is 0.0656. The summed E-state index contributed by atoms with van der Waals surface area (Å²) in [5, 5.41) is 9.02. The van der Waals surface area contributed by atoms with E-state index in [0.717, 1.165) is 24.1 Å². The molecule has 0 aliphatic heterocycles. The fraction of sp³-hybridized carbons (Fsp3) is 0.391. The Balaban J connectivity index is 1.89. The van der Waals surface area contributed by atoms with Crippen LogP contribution in [-0.2, 0) is 17.8 Å². The number of nitrogens with zero attached hydrogens (tertiary/aromatic N) is 1. The number of halogens is 2. The van der Waals surface area contributed by atoms with E-state index < -0.39 is 6.61 Å². The Morgan fingerprint density at radius 2 is 1.88 bits per heavy atom. The molecule has 0 heterocycles. The van der Waals surface area contributed by atoms with E-state index in [9.17, 15) is 13.6 Å². The smallest absolute Gasteiger partial charge is 0.387 e. The first-order valence-corrected chi connectivity index (χ1v) is 10.4. The van der Waals surface area contributed by atoms with E-state index in [1.54, 1.807) is 19.2 Å². The minimum Gasteiger partial charge on any atom is -0.493 e. The second-order valence-electron chi connectivity index (χ2n) is 6.98. The molecule has 7 nitrogen and oxygen atoms in total. The molecule has 0 aliphatic rings. The summed E-state index contributed by atoms with van der Waals surface area (Å²) in [5.74, 6) is 0.975. The molecular formula is C23H30F2N4O3. The van der Waals surface area contributed by atoms with Gasteiger partial charge in [-0.05, 0) is 42.7 Å². The molecule has 32 heavy (non-hydrogen) atoms. The van der Waals surface area contributed by atoms with Crippen LogP contribution in [0.15, 0.2) is 47.5 Å². The van der Waals surface area contributed by atoms with Crippen molar-refractivity contribution in [2.45, 2.75) is 39.8 Å². The summed E-state index contributed by atoms with van der Waals surface area (Å²) in [4.78, 5) is 15.2. The highest BCUT2D eigenvalue weighted by Gasteiger charge is 2.12. The number of anilines is 1. The Bertz CT molecular complexity index is 889. The number of guanidine groups is 1. The van der Waals surface area contributed by atoms with Crippen molar-refractivity contribution in [2.75, 3.05) is 25.5 Å². The minimum atomic E-state index is -2.93. The number of alkyl halides is 2. The third-order valence-electron chi connectivity index (χ3n) is 4.38. The number of amides is 1. The summed E-state index contributed by atoms with van der Waals surface area (Å²) in [7, 11) is 1.63. The Morgan fingerprint density at radius 3 is 2.50 bits per heavy atom. The van der Waals surface area contributed by atoms with Gasteiger partial charge in [0, 0.05) is 44.4 Å². The topological polar surface area (TPSA) is 84.0 Å². The van der Waals surface area contributed by atoms with Crippen LogP contribution >= 0.6 is 0 Å². The van der Waals surface area contributed by atoms with Crippen molar-refractivity contribution in [1.29, 1.82) is 0 Å². The fourth-order valence-corrected chi connectivity index (χ4v) is 2.88. The number of carbonyl (C=O) groups excluding carboxylic acids is 1. The molecule has 0 fully saturated rings. The second-order valence-corrected chi connectivity index (χ2v) is 6.98. The van der Waals surface area contributed by atoms with Gasteiger partial charge in [-0.1, -0.05) is 19.1 Å². The first kappa shape index (κ1) is 24.9. The van der Waals surface area contributed by atoms with Crippen LogP contribution in [0.1, 0.15) is 31.4 Å². The molecule has 0 atom stereocenters. The van der Waals surface area contributed by atoms with Crippen LogP contribution in [0.3, 0.4) is 0 Å². The maximum Gasteiger partial charge on any atom is 0.387 e. The Morgan fingerprint density at radius 1 is 1.12 bits per heavy atom. The maximum atomic E-state index is 12.8. The quantitative estimate of drug-likeness (QED) is 0.358. The van der Waals surface area contributed by atoms with Gasteiger partial charge >= 0.3 is 6.61 Å². The number of hydrogen-bond acceptors (Lipinski definition) is 4. The van der Waals surface area contributed by atoms with Crippen LogP contribution in [0, 0.1) is 0 Å². The van der Waals surface area contributed by atoms with Crippen molar-refractivity contribution in [3.8, 4) is 11.5 Å². The highest BCUT2D eigenvalue weighted by Crippen LogP contribution is 2.26. The largest absolute Gasteiger partial charge is 0.493 e. The monoisotopic (exact) mass is 448 g/mol. The van der Waals surface area contributed by atoms with Gasteiger partial charge in [0.25, 0.3) is 0 Å². The lowest BCUT2D eigenvalue weighted by atomic mass is 10.1. The number of hydrogen-bond donors (Lipinski definition) is 3. The molecule has 0 aliphatic carbocycles. The van der Waals surface area contributed by atoms with Gasteiger partial charge in [-0.3, -0.25) is 9.79 Å². The molecule has 0 bridgehead atoms. The summed E-state index contributed by atoms with van der Waals surface area (Å²) < 4.78 is 35.8. The van der Waals surface area contributed by atoms with Crippen molar-refractivity contribution in [3.63, 3.8) is 0 Å². The molecule has 3 N–H and O–H groups in total. The molecule has 0 spiro atoms. The number of carbonyl (C=O) groups is 1. The van der Waals surface area contributed by atoms with Crippen LogP contribution in [-0.4, -0.2) is 38.7 Å². The number of benzene rings is 2. The fourth-order valence-electron chi connectivity index (χ4n) is 2.88. The highest BCUT2D eigenvalue weighted by molar-refractivity contribution is 5.88. The van der Waals surface area contributed by atoms with Gasteiger partial charge in [-0.2, -0.15) is 8.78 Å². The van der Waals surface area contributed by atoms with Gasteiger partial charge in [0.05, 0.1) is 6.61 Å². The van der Waals surface area contributed by atoms with Crippen molar-refractivity contribution in [3.05, 3.63) is 53.6 Å². The van der Waals surface area contributed by atoms with Crippen LogP contribution in [0.2, 0.25) is 0 Å².